The molecular formula is C13H13F2N3O2S. The highest BCUT2D eigenvalue weighted by atomic mass is 32.1. The van der Waals surface area contributed by atoms with Crippen LogP contribution in [0.1, 0.15) is 15.2 Å². The Hall–Kier alpha value is -2.35. The molecule has 1 aromatic carbocycles. The van der Waals surface area contributed by atoms with Gasteiger partial charge >= 0.3 is 0 Å². The molecule has 0 saturated heterocycles. The van der Waals surface area contributed by atoms with Crippen molar-refractivity contribution in [1.82, 2.24) is 0 Å². The summed E-state index contributed by atoms with van der Waals surface area (Å²) in [4.78, 5) is 11.4. The lowest BCUT2D eigenvalue weighted by Crippen LogP contribution is -2.10. The molecule has 1 heterocycles. The van der Waals surface area contributed by atoms with E-state index in [1.54, 1.807) is 0 Å². The quantitative estimate of drug-likeness (QED) is 0.790. The number of carbonyl (C=O) groups excluding carboxylic acids is 1. The van der Waals surface area contributed by atoms with Gasteiger partial charge in [-0.05, 0) is 18.2 Å². The number of carbonyl (C=O) groups is 1. The average molecular weight is 313 g/mol. The number of thiophene rings is 1. The number of nitrogens with one attached hydrogen (secondary N) is 1. The second-order valence-electron chi connectivity index (χ2n) is 4.16. The number of ether oxygens (including phenoxy) is 1. The van der Waals surface area contributed by atoms with Gasteiger partial charge in [0.2, 0.25) is 0 Å². The summed E-state index contributed by atoms with van der Waals surface area (Å²) < 4.78 is 31.7. The molecule has 1 aromatic heterocycles. The summed E-state index contributed by atoms with van der Waals surface area (Å²) in [7, 11) is 1.39. The number of benzene rings is 1. The number of hydrogen-bond acceptors (Lipinski definition) is 5. The zero-order valence-electron chi connectivity index (χ0n) is 11.1. The molecule has 0 unspecified atom stereocenters. The van der Waals surface area contributed by atoms with E-state index in [1.807, 2.05) is 0 Å². The lowest BCUT2D eigenvalue weighted by Gasteiger charge is -2.08. The van der Waals surface area contributed by atoms with Crippen molar-refractivity contribution in [2.75, 3.05) is 18.2 Å². The average Bonchev–Trinajstić information content (AvgIpc) is 2.76. The Morgan fingerprint density at radius 1 is 1.43 bits per heavy atom. The van der Waals surface area contributed by atoms with E-state index < -0.39 is 17.5 Å². The number of primary amides is 1. The third kappa shape index (κ3) is 3.05. The molecule has 0 saturated carbocycles. The minimum absolute atomic E-state index is 0.0120. The summed E-state index contributed by atoms with van der Waals surface area (Å²) in [6, 6.07) is 3.16. The van der Waals surface area contributed by atoms with Crippen LogP contribution < -0.4 is 21.5 Å². The summed E-state index contributed by atoms with van der Waals surface area (Å²) in [5, 5.41) is 3.29. The van der Waals surface area contributed by atoms with Crippen molar-refractivity contribution in [3.8, 4) is 5.75 Å². The molecule has 0 fully saturated rings. The van der Waals surface area contributed by atoms with Crippen molar-refractivity contribution in [1.29, 1.82) is 0 Å². The molecule has 0 bridgehead atoms. The fourth-order valence-corrected chi connectivity index (χ4v) is 2.72. The van der Waals surface area contributed by atoms with Crippen molar-refractivity contribution in [2.45, 2.75) is 6.54 Å². The van der Waals surface area contributed by atoms with Crippen LogP contribution in [0.2, 0.25) is 0 Å². The highest BCUT2D eigenvalue weighted by Crippen LogP contribution is 2.42. The third-order valence-corrected chi connectivity index (χ3v) is 3.93. The van der Waals surface area contributed by atoms with E-state index in [-0.39, 0.29) is 28.4 Å². The van der Waals surface area contributed by atoms with Crippen molar-refractivity contribution >= 4 is 27.9 Å². The lowest BCUT2D eigenvalue weighted by atomic mass is 10.2. The van der Waals surface area contributed by atoms with Crippen molar-refractivity contribution in [2.24, 2.45) is 5.73 Å². The first kappa shape index (κ1) is 15.0. The first-order chi connectivity index (χ1) is 9.93. The van der Waals surface area contributed by atoms with E-state index >= 15 is 0 Å². The van der Waals surface area contributed by atoms with E-state index in [0.29, 0.717) is 5.00 Å². The molecule has 21 heavy (non-hydrogen) atoms. The van der Waals surface area contributed by atoms with Gasteiger partial charge in [0.15, 0.2) is 5.75 Å². The Bertz CT molecular complexity index is 688. The number of halogens is 2. The van der Waals surface area contributed by atoms with E-state index in [1.165, 1.54) is 7.11 Å². The SMILES string of the molecule is COc1c(NCc2cc(F)ccc2F)sc(C(N)=O)c1N. The summed E-state index contributed by atoms with van der Waals surface area (Å²) in [6.45, 7) is 0.0120. The van der Waals surface area contributed by atoms with Crippen LogP contribution in [-0.4, -0.2) is 13.0 Å². The second kappa shape index (κ2) is 5.96. The van der Waals surface area contributed by atoms with E-state index in [2.05, 4.69) is 5.32 Å². The summed E-state index contributed by atoms with van der Waals surface area (Å²) >= 11 is 0.996. The highest BCUT2D eigenvalue weighted by molar-refractivity contribution is 7.19. The van der Waals surface area contributed by atoms with Crippen molar-refractivity contribution < 1.29 is 18.3 Å². The molecule has 1 amide bonds. The van der Waals surface area contributed by atoms with Gasteiger partial charge in [-0.15, -0.1) is 11.3 Å². The van der Waals surface area contributed by atoms with E-state index in [9.17, 15) is 13.6 Å². The van der Waals surface area contributed by atoms with Crippen LogP contribution in [-0.2, 0) is 6.54 Å². The molecule has 2 aromatic rings. The molecule has 0 radical (unpaired) electrons. The third-order valence-electron chi connectivity index (χ3n) is 2.77. The zero-order chi connectivity index (χ0) is 15.6. The number of rotatable bonds is 5. The monoisotopic (exact) mass is 313 g/mol. The Morgan fingerprint density at radius 2 is 2.14 bits per heavy atom. The first-order valence-corrected chi connectivity index (χ1v) is 6.69. The Kier molecular flexibility index (Phi) is 4.27. The minimum Gasteiger partial charge on any atom is -0.492 e. The maximum Gasteiger partial charge on any atom is 0.261 e. The lowest BCUT2D eigenvalue weighted by molar-refractivity contribution is 0.100. The Balaban J connectivity index is 2.25. The molecule has 5 nitrogen and oxygen atoms in total. The number of amides is 1. The Morgan fingerprint density at radius 3 is 2.76 bits per heavy atom. The molecule has 112 valence electrons. The fourth-order valence-electron chi connectivity index (χ4n) is 1.79. The standard InChI is InChI=1S/C13H13F2N3O2S/c1-20-10-9(16)11(12(17)19)21-13(10)18-5-6-4-7(14)2-3-8(6)15/h2-4,18H,5,16H2,1H3,(H2,17,19). The van der Waals surface area contributed by atoms with Crippen LogP contribution in [0.4, 0.5) is 19.5 Å². The van der Waals surface area contributed by atoms with Gasteiger partial charge in [0.25, 0.3) is 5.91 Å². The Labute approximate surface area is 123 Å². The van der Waals surface area contributed by atoms with Crippen molar-refractivity contribution in [3.63, 3.8) is 0 Å². The first-order valence-electron chi connectivity index (χ1n) is 5.88. The second-order valence-corrected chi connectivity index (χ2v) is 5.18. The zero-order valence-corrected chi connectivity index (χ0v) is 11.9. The molecule has 5 N–H and O–H groups in total. The summed E-state index contributed by atoms with van der Waals surface area (Å²) in [5.74, 6) is -1.50. The molecule has 0 aliphatic rings. The summed E-state index contributed by atoms with van der Waals surface area (Å²) in [5.41, 5.74) is 11.2. The molecule has 0 aliphatic carbocycles. The van der Waals surface area contributed by atoms with Gasteiger partial charge in [0.05, 0.1) is 7.11 Å². The maximum absolute atomic E-state index is 13.5. The van der Waals surface area contributed by atoms with Gasteiger partial charge in [-0.25, -0.2) is 8.78 Å². The summed E-state index contributed by atoms with van der Waals surface area (Å²) in [6.07, 6.45) is 0. The molecule has 0 spiro atoms. The van der Waals surface area contributed by atoms with Gasteiger partial charge in [0, 0.05) is 12.1 Å². The van der Waals surface area contributed by atoms with Crippen LogP contribution in [0.25, 0.3) is 0 Å². The number of methoxy groups -OCH3 is 1. The van der Waals surface area contributed by atoms with E-state index in [0.717, 1.165) is 29.5 Å². The van der Waals surface area contributed by atoms with Crippen LogP contribution in [0.5, 0.6) is 5.75 Å². The van der Waals surface area contributed by atoms with E-state index in [4.69, 9.17) is 16.2 Å². The van der Waals surface area contributed by atoms with Gasteiger partial charge in [-0.1, -0.05) is 0 Å². The smallest absolute Gasteiger partial charge is 0.261 e. The molecule has 0 atom stereocenters. The molecule has 0 aliphatic heterocycles. The minimum atomic E-state index is -0.680. The molecule has 8 heteroatoms. The topological polar surface area (TPSA) is 90.4 Å². The maximum atomic E-state index is 13.5. The van der Waals surface area contributed by atoms with Crippen LogP contribution in [0, 0.1) is 11.6 Å². The number of anilines is 2. The van der Waals surface area contributed by atoms with Gasteiger partial charge in [0.1, 0.15) is 27.2 Å². The van der Waals surface area contributed by atoms with Crippen LogP contribution in [0.15, 0.2) is 18.2 Å². The van der Waals surface area contributed by atoms with Crippen molar-refractivity contribution in [3.05, 3.63) is 40.3 Å². The van der Waals surface area contributed by atoms with Gasteiger partial charge in [-0.2, -0.15) is 0 Å². The molecule has 2 rings (SSSR count). The highest BCUT2D eigenvalue weighted by Gasteiger charge is 2.20. The predicted molar refractivity (Wildman–Crippen MR) is 77.5 cm³/mol. The number of nitrogen functional groups attached to an aromatic ring is 1. The number of nitrogens with two attached hydrogens (primary N) is 2. The van der Waals surface area contributed by atoms with Gasteiger partial charge in [-0.3, -0.25) is 4.79 Å². The van der Waals surface area contributed by atoms with Gasteiger partial charge < -0.3 is 21.5 Å². The van der Waals surface area contributed by atoms with Crippen LogP contribution >= 0.6 is 11.3 Å². The fraction of sp³-hybridized carbons (Fsp3) is 0.154. The molecular weight excluding hydrogens is 300 g/mol. The number of hydrogen-bond donors (Lipinski definition) is 3. The normalized spacial score (nSPS) is 10.4. The largest absolute Gasteiger partial charge is 0.492 e. The predicted octanol–water partition coefficient (Wildman–Crippen LogP) is 2.33. The van der Waals surface area contributed by atoms with Crippen LogP contribution in [0.3, 0.4) is 0 Å².